The Morgan fingerprint density at radius 3 is 2.40 bits per heavy atom. The number of benzene rings is 2. The molecule has 128 valence electrons. The summed E-state index contributed by atoms with van der Waals surface area (Å²) in [4.78, 5) is 4.85. The molecule has 0 saturated heterocycles. The molecule has 2 nitrogen and oxygen atoms in total. The van der Waals surface area contributed by atoms with Gasteiger partial charge in [-0.05, 0) is 36.4 Å². The molecule has 0 radical (unpaired) electrons. The molecule has 1 aromatic heterocycles. The Hall–Kier alpha value is -2.35. The van der Waals surface area contributed by atoms with E-state index in [1.807, 2.05) is 6.20 Å². The Balaban J connectivity index is 1.71. The zero-order chi connectivity index (χ0) is 16.9. The summed E-state index contributed by atoms with van der Waals surface area (Å²) in [5.41, 5.74) is 2.49. The lowest BCUT2D eigenvalue weighted by Gasteiger charge is -2.31. The van der Waals surface area contributed by atoms with Gasteiger partial charge in [0.1, 0.15) is 0 Å². The molecule has 3 aromatic rings. The molecule has 1 heterocycles. The molecule has 0 amide bonds. The van der Waals surface area contributed by atoms with Crippen molar-refractivity contribution in [3.05, 3.63) is 72.6 Å². The van der Waals surface area contributed by atoms with Gasteiger partial charge >= 0.3 is 0 Å². The van der Waals surface area contributed by atoms with Gasteiger partial charge < -0.3 is 5.32 Å². The molecule has 1 N–H and O–H groups in total. The number of anilines is 1. The first kappa shape index (κ1) is 16.1. The number of para-hydroxylation sites is 1. The molecule has 1 aliphatic rings. The van der Waals surface area contributed by atoms with Crippen molar-refractivity contribution in [1.82, 2.24) is 4.98 Å². The number of hydrogen-bond donors (Lipinski definition) is 1. The quantitative estimate of drug-likeness (QED) is 0.622. The number of hydrogen-bond acceptors (Lipinski definition) is 2. The molecule has 1 fully saturated rings. The van der Waals surface area contributed by atoms with Gasteiger partial charge in [-0.3, -0.25) is 4.98 Å². The van der Waals surface area contributed by atoms with Crippen molar-refractivity contribution < 1.29 is 0 Å². The summed E-state index contributed by atoms with van der Waals surface area (Å²) in [5, 5.41) is 6.44. The van der Waals surface area contributed by atoms with Gasteiger partial charge in [-0.25, -0.2) is 0 Å². The summed E-state index contributed by atoms with van der Waals surface area (Å²) < 4.78 is 0. The normalized spacial score (nSPS) is 21.4. The minimum Gasteiger partial charge on any atom is -0.382 e. The predicted octanol–water partition coefficient (Wildman–Crippen LogP) is 6.15. The Morgan fingerprint density at radius 2 is 1.52 bits per heavy atom. The fourth-order valence-corrected chi connectivity index (χ4v) is 4.17. The van der Waals surface area contributed by atoms with E-state index >= 15 is 0 Å². The summed E-state index contributed by atoms with van der Waals surface area (Å²) in [6, 6.07) is 21.9. The molecule has 2 heteroatoms. The second-order valence-corrected chi connectivity index (χ2v) is 7.13. The Bertz CT molecular complexity index is 807. The standard InChI is InChI=1S/C23H26N2/c1-2-7-15-22(25-19-11-4-3-5-12-19)21(14-6-1)23-20-13-9-8-10-18(20)16-17-24-23/h3-5,8-13,16-17,21-22,25H,1-2,6-7,14-15H2/t21-,22-/m1/s1. The van der Waals surface area contributed by atoms with Crippen LogP contribution < -0.4 is 5.32 Å². The van der Waals surface area contributed by atoms with Crippen molar-refractivity contribution in [2.45, 2.75) is 50.5 Å². The minimum absolute atomic E-state index is 0.445. The van der Waals surface area contributed by atoms with Gasteiger partial charge in [0, 0.05) is 29.2 Å². The lowest BCUT2D eigenvalue weighted by molar-refractivity contribution is 0.418. The molecule has 2 atom stereocenters. The van der Waals surface area contributed by atoms with Crippen molar-refractivity contribution in [1.29, 1.82) is 0 Å². The highest BCUT2D eigenvalue weighted by atomic mass is 14.9. The average Bonchev–Trinajstić information content (AvgIpc) is 2.65. The van der Waals surface area contributed by atoms with Gasteiger partial charge in [-0.1, -0.05) is 68.1 Å². The van der Waals surface area contributed by atoms with E-state index in [0.717, 1.165) is 0 Å². The zero-order valence-corrected chi connectivity index (χ0v) is 14.7. The van der Waals surface area contributed by atoms with Crippen LogP contribution in [0.5, 0.6) is 0 Å². The van der Waals surface area contributed by atoms with Crippen LogP contribution in [0.4, 0.5) is 5.69 Å². The number of fused-ring (bicyclic) bond motifs is 1. The summed E-state index contributed by atoms with van der Waals surface area (Å²) in [6.45, 7) is 0. The van der Waals surface area contributed by atoms with Gasteiger partial charge in [0.05, 0.1) is 5.69 Å². The summed E-state index contributed by atoms with van der Waals surface area (Å²) in [6.07, 6.45) is 9.70. The summed E-state index contributed by atoms with van der Waals surface area (Å²) in [5.74, 6) is 0.464. The van der Waals surface area contributed by atoms with Crippen LogP contribution in [0, 0.1) is 0 Å². The third kappa shape index (κ3) is 3.68. The third-order valence-electron chi connectivity index (χ3n) is 5.45. The van der Waals surface area contributed by atoms with Crippen LogP contribution in [-0.4, -0.2) is 11.0 Å². The number of nitrogens with one attached hydrogen (secondary N) is 1. The Morgan fingerprint density at radius 1 is 0.760 bits per heavy atom. The fourth-order valence-electron chi connectivity index (χ4n) is 4.17. The second-order valence-electron chi connectivity index (χ2n) is 7.13. The van der Waals surface area contributed by atoms with Crippen LogP contribution in [0.1, 0.15) is 50.1 Å². The van der Waals surface area contributed by atoms with Gasteiger partial charge in [0.2, 0.25) is 0 Å². The second kappa shape index (κ2) is 7.69. The van der Waals surface area contributed by atoms with Crippen LogP contribution in [0.3, 0.4) is 0 Å². The zero-order valence-electron chi connectivity index (χ0n) is 14.7. The average molecular weight is 330 g/mol. The van der Waals surface area contributed by atoms with Crippen LogP contribution >= 0.6 is 0 Å². The molecule has 0 bridgehead atoms. The maximum absolute atomic E-state index is 4.85. The van der Waals surface area contributed by atoms with Crippen LogP contribution in [0.2, 0.25) is 0 Å². The van der Waals surface area contributed by atoms with Crippen molar-refractivity contribution in [3.8, 4) is 0 Å². The largest absolute Gasteiger partial charge is 0.382 e. The van der Waals surface area contributed by atoms with E-state index in [-0.39, 0.29) is 0 Å². The first-order chi connectivity index (χ1) is 12.4. The van der Waals surface area contributed by atoms with E-state index in [1.165, 1.54) is 60.7 Å². The molecule has 1 saturated carbocycles. The topological polar surface area (TPSA) is 24.9 Å². The van der Waals surface area contributed by atoms with E-state index in [0.29, 0.717) is 12.0 Å². The molecular formula is C23H26N2. The van der Waals surface area contributed by atoms with E-state index in [2.05, 4.69) is 66.0 Å². The highest BCUT2D eigenvalue weighted by Crippen LogP contribution is 2.35. The highest BCUT2D eigenvalue weighted by Gasteiger charge is 2.26. The number of nitrogens with zero attached hydrogens (tertiary/aromatic N) is 1. The van der Waals surface area contributed by atoms with E-state index in [1.54, 1.807) is 0 Å². The first-order valence-electron chi connectivity index (χ1n) is 9.57. The Labute approximate surface area is 150 Å². The van der Waals surface area contributed by atoms with Gasteiger partial charge in [0.15, 0.2) is 0 Å². The van der Waals surface area contributed by atoms with Crippen molar-refractivity contribution >= 4 is 16.5 Å². The van der Waals surface area contributed by atoms with Crippen LogP contribution in [0.25, 0.3) is 10.8 Å². The van der Waals surface area contributed by atoms with Crippen molar-refractivity contribution in [3.63, 3.8) is 0 Å². The van der Waals surface area contributed by atoms with Crippen LogP contribution in [0.15, 0.2) is 66.9 Å². The fraction of sp³-hybridized carbons (Fsp3) is 0.348. The molecule has 4 rings (SSSR count). The van der Waals surface area contributed by atoms with E-state index in [9.17, 15) is 0 Å². The smallest absolute Gasteiger partial charge is 0.0533 e. The molecule has 1 aliphatic carbocycles. The minimum atomic E-state index is 0.445. The monoisotopic (exact) mass is 330 g/mol. The van der Waals surface area contributed by atoms with Gasteiger partial charge in [-0.15, -0.1) is 0 Å². The third-order valence-corrected chi connectivity index (χ3v) is 5.45. The number of rotatable bonds is 3. The summed E-state index contributed by atoms with van der Waals surface area (Å²) in [7, 11) is 0. The van der Waals surface area contributed by atoms with E-state index < -0.39 is 0 Å². The lowest BCUT2D eigenvalue weighted by Crippen LogP contribution is -2.29. The molecule has 0 unspecified atom stereocenters. The van der Waals surface area contributed by atoms with E-state index in [4.69, 9.17) is 4.98 Å². The van der Waals surface area contributed by atoms with Gasteiger partial charge in [0.25, 0.3) is 0 Å². The number of aromatic nitrogens is 1. The predicted molar refractivity (Wildman–Crippen MR) is 106 cm³/mol. The first-order valence-corrected chi connectivity index (χ1v) is 9.57. The molecule has 0 aliphatic heterocycles. The summed E-state index contributed by atoms with van der Waals surface area (Å²) >= 11 is 0. The van der Waals surface area contributed by atoms with Gasteiger partial charge in [-0.2, -0.15) is 0 Å². The molecular weight excluding hydrogens is 304 g/mol. The maximum Gasteiger partial charge on any atom is 0.0533 e. The molecule has 25 heavy (non-hydrogen) atoms. The number of pyridine rings is 1. The lowest BCUT2D eigenvalue weighted by atomic mass is 9.82. The maximum atomic E-state index is 4.85. The SMILES string of the molecule is c1ccc(N[C@@H]2CCCCCC[C@H]2c2nccc3ccccc23)cc1. The van der Waals surface area contributed by atoms with Crippen molar-refractivity contribution in [2.75, 3.05) is 5.32 Å². The van der Waals surface area contributed by atoms with Crippen molar-refractivity contribution in [2.24, 2.45) is 0 Å². The molecule has 0 spiro atoms. The highest BCUT2D eigenvalue weighted by molar-refractivity contribution is 5.84. The molecule has 2 aromatic carbocycles. The Kier molecular flexibility index (Phi) is 4.96. The van der Waals surface area contributed by atoms with Crippen LogP contribution in [-0.2, 0) is 0 Å².